The van der Waals surface area contributed by atoms with Gasteiger partial charge in [0.25, 0.3) is 0 Å². The Balaban J connectivity index is 0.000000351. The average molecular weight is 500 g/mol. The van der Waals surface area contributed by atoms with Gasteiger partial charge in [-0.15, -0.1) is 6.58 Å². The minimum Gasteiger partial charge on any atom is -0.481 e. The Morgan fingerprint density at radius 2 is 1.23 bits per heavy atom. The Kier molecular flexibility index (Phi) is 11.7. The predicted octanol–water partition coefficient (Wildman–Crippen LogP) is 6.70. The lowest BCUT2D eigenvalue weighted by Gasteiger charge is -2.09. The molecule has 2 rings (SSSR count). The number of hydrogen-bond acceptors (Lipinski definition) is 3. The summed E-state index contributed by atoms with van der Waals surface area (Å²) in [5.41, 5.74) is 16.3. The molecule has 0 fully saturated rings. The molecule has 0 amide bonds. The van der Waals surface area contributed by atoms with Gasteiger partial charge in [-0.3, -0.25) is 4.79 Å². The normalized spacial score (nSPS) is 11.7. The zero-order valence-corrected chi connectivity index (χ0v) is 17.9. The highest BCUT2D eigenvalue weighted by atomic mass is 19.2. The summed E-state index contributed by atoms with van der Waals surface area (Å²) in [4.78, 5) is 15.5. The summed E-state index contributed by atoms with van der Waals surface area (Å²) in [5.74, 6) is -8.06. The van der Waals surface area contributed by atoms with E-state index in [-0.39, 0.29) is 24.0 Å². The van der Waals surface area contributed by atoms with E-state index in [9.17, 15) is 31.1 Å². The molecule has 14 heteroatoms. The van der Waals surface area contributed by atoms with Gasteiger partial charge in [0.15, 0.2) is 23.3 Å². The van der Waals surface area contributed by atoms with Crippen LogP contribution in [0.5, 0.6) is 0 Å². The first-order chi connectivity index (χ1) is 16.5. The van der Waals surface area contributed by atoms with Crippen molar-refractivity contribution in [1.29, 1.82) is 0 Å². The van der Waals surface area contributed by atoms with E-state index in [4.69, 9.17) is 16.2 Å². The average Bonchev–Trinajstić information content (AvgIpc) is 2.76. The minimum atomic E-state index is -1.34. The molecule has 2 atom stereocenters. The molecule has 0 spiro atoms. The van der Waals surface area contributed by atoms with Crippen molar-refractivity contribution in [3.63, 3.8) is 0 Å². The molecule has 0 saturated carbocycles. The molecule has 0 saturated heterocycles. The number of hydrogen-bond donors (Lipinski definition) is 1. The molecule has 0 radical (unpaired) electrons. The molecule has 0 aromatic heterocycles. The number of aliphatic carboxylic acids is 1. The van der Waals surface area contributed by atoms with Crippen molar-refractivity contribution in [1.82, 2.24) is 0 Å². The first-order valence-electron chi connectivity index (χ1n) is 9.70. The van der Waals surface area contributed by atoms with E-state index < -0.39 is 59.4 Å². The second-order valence-corrected chi connectivity index (χ2v) is 6.96. The Bertz CT molecular complexity index is 1170. The van der Waals surface area contributed by atoms with E-state index in [1.54, 1.807) is 0 Å². The first kappa shape index (κ1) is 28.9. The highest BCUT2D eigenvalue weighted by Gasteiger charge is 2.17. The van der Waals surface area contributed by atoms with Crippen LogP contribution in [-0.2, 0) is 17.6 Å². The van der Waals surface area contributed by atoms with Crippen LogP contribution in [0.25, 0.3) is 20.9 Å². The third-order valence-electron chi connectivity index (χ3n) is 4.37. The smallest absolute Gasteiger partial charge is 0.303 e. The second kappa shape index (κ2) is 14.2. The van der Waals surface area contributed by atoms with Gasteiger partial charge in [-0.2, -0.15) is 0 Å². The molecule has 0 heterocycles. The van der Waals surface area contributed by atoms with Gasteiger partial charge in [-0.1, -0.05) is 16.3 Å². The third-order valence-corrected chi connectivity index (χ3v) is 4.37. The Morgan fingerprint density at radius 1 is 0.829 bits per heavy atom. The van der Waals surface area contributed by atoms with Gasteiger partial charge in [0.2, 0.25) is 0 Å². The summed E-state index contributed by atoms with van der Waals surface area (Å²) in [6, 6.07) is 0.605. The number of nitrogens with zero attached hydrogens (tertiary/aromatic N) is 6. The van der Waals surface area contributed by atoms with E-state index in [1.807, 2.05) is 0 Å². The fraction of sp³-hybridized carbons (Fsp3) is 0.286. The fourth-order valence-electron chi connectivity index (χ4n) is 2.81. The van der Waals surface area contributed by atoms with Crippen LogP contribution in [0, 0.1) is 34.9 Å². The summed E-state index contributed by atoms with van der Waals surface area (Å²) in [5, 5.41) is 15.1. The van der Waals surface area contributed by atoms with E-state index in [0.29, 0.717) is 24.6 Å². The molecular weight excluding hydrogens is 482 g/mol. The number of carboxylic acids is 1. The standard InChI is InChI=1S/C11H10F3N3.C10H8F3N3O2/c1-2-3-8(16-17-15)4-7-5-10(13)11(14)6-9(7)12;11-7-4-9(13)8(12)2-5(7)1-6(15-16-14)3-10(17)18/h2,5-6,8H,1,3-4H2;2,4,6H,1,3H2,(H,17,18)/t;6-/m.1/s1. The lowest BCUT2D eigenvalue weighted by molar-refractivity contribution is -0.137. The van der Waals surface area contributed by atoms with Gasteiger partial charge in [0, 0.05) is 28.0 Å². The maximum absolute atomic E-state index is 13.3. The topological polar surface area (TPSA) is 135 Å². The summed E-state index contributed by atoms with van der Waals surface area (Å²) >= 11 is 0. The van der Waals surface area contributed by atoms with Crippen molar-refractivity contribution in [3.8, 4) is 0 Å². The molecule has 1 N–H and O–H groups in total. The zero-order chi connectivity index (χ0) is 26.5. The van der Waals surface area contributed by atoms with Crippen LogP contribution in [0.4, 0.5) is 26.3 Å². The van der Waals surface area contributed by atoms with E-state index >= 15 is 0 Å². The van der Waals surface area contributed by atoms with Crippen molar-refractivity contribution in [3.05, 3.63) is 104 Å². The maximum Gasteiger partial charge on any atom is 0.303 e. The maximum atomic E-state index is 13.3. The molecule has 2 aromatic carbocycles. The third kappa shape index (κ3) is 9.70. The van der Waals surface area contributed by atoms with Crippen LogP contribution in [0.15, 0.2) is 47.1 Å². The number of rotatable bonds is 10. The van der Waals surface area contributed by atoms with Crippen molar-refractivity contribution < 1.29 is 36.2 Å². The highest BCUT2D eigenvalue weighted by molar-refractivity contribution is 5.67. The first-order valence-corrected chi connectivity index (χ1v) is 9.70. The van der Waals surface area contributed by atoms with Crippen molar-refractivity contribution >= 4 is 5.97 Å². The van der Waals surface area contributed by atoms with Crippen molar-refractivity contribution in [2.45, 2.75) is 37.8 Å². The molecule has 35 heavy (non-hydrogen) atoms. The van der Waals surface area contributed by atoms with E-state index in [2.05, 4.69) is 26.6 Å². The van der Waals surface area contributed by atoms with E-state index in [1.165, 1.54) is 6.08 Å². The Labute approximate surface area is 194 Å². The molecule has 0 bridgehead atoms. The van der Waals surface area contributed by atoms with Crippen LogP contribution in [-0.4, -0.2) is 23.2 Å². The molecule has 0 aliphatic rings. The van der Waals surface area contributed by atoms with Crippen LogP contribution in [0.2, 0.25) is 0 Å². The molecule has 186 valence electrons. The van der Waals surface area contributed by atoms with Crippen LogP contribution < -0.4 is 0 Å². The van der Waals surface area contributed by atoms with Crippen LogP contribution in [0.1, 0.15) is 24.0 Å². The monoisotopic (exact) mass is 500 g/mol. The lowest BCUT2D eigenvalue weighted by atomic mass is 10.0. The minimum absolute atomic E-state index is 0.000880. The number of azide groups is 2. The molecular formula is C21H18F6N6O2. The number of carboxylic acid groups (broad SMARTS) is 1. The quantitative estimate of drug-likeness (QED) is 0.0970. The van der Waals surface area contributed by atoms with Gasteiger partial charge in [0.1, 0.15) is 11.6 Å². The van der Waals surface area contributed by atoms with Crippen LogP contribution >= 0.6 is 0 Å². The summed E-state index contributed by atoms with van der Waals surface area (Å²) < 4.78 is 77.7. The summed E-state index contributed by atoms with van der Waals surface area (Å²) in [7, 11) is 0. The largest absolute Gasteiger partial charge is 0.481 e. The van der Waals surface area contributed by atoms with Crippen LogP contribution in [0.3, 0.4) is 0 Å². The van der Waals surface area contributed by atoms with Crippen molar-refractivity contribution in [2.75, 3.05) is 0 Å². The zero-order valence-electron chi connectivity index (χ0n) is 17.9. The number of benzene rings is 2. The van der Waals surface area contributed by atoms with E-state index in [0.717, 1.165) is 6.07 Å². The molecule has 1 unspecified atom stereocenters. The Hall–Kier alpha value is -4.15. The second-order valence-electron chi connectivity index (χ2n) is 6.96. The highest BCUT2D eigenvalue weighted by Crippen LogP contribution is 2.19. The molecule has 0 aliphatic heterocycles. The SMILES string of the molecule is C=CCC(Cc1cc(F)c(F)cc1F)N=[N+]=[N-].[N-]=[N+]=N[C@@H](CC(=O)O)Cc1cc(F)c(F)cc1F. The van der Waals surface area contributed by atoms with Crippen molar-refractivity contribution in [2.24, 2.45) is 10.2 Å². The summed E-state index contributed by atoms with van der Waals surface area (Å²) in [6.45, 7) is 3.47. The lowest BCUT2D eigenvalue weighted by Crippen LogP contribution is -2.14. The molecule has 8 nitrogen and oxygen atoms in total. The predicted molar refractivity (Wildman–Crippen MR) is 113 cm³/mol. The van der Waals surface area contributed by atoms with Gasteiger partial charge < -0.3 is 5.11 Å². The Morgan fingerprint density at radius 3 is 1.63 bits per heavy atom. The molecule has 2 aromatic rings. The fourth-order valence-corrected chi connectivity index (χ4v) is 2.81. The summed E-state index contributed by atoms with van der Waals surface area (Å²) in [6.07, 6.45) is 1.00. The van der Waals surface area contributed by atoms with Gasteiger partial charge in [0.05, 0.1) is 12.5 Å². The number of carbonyl (C=O) groups is 1. The molecule has 0 aliphatic carbocycles. The van der Waals surface area contributed by atoms with Gasteiger partial charge in [-0.25, -0.2) is 26.3 Å². The van der Waals surface area contributed by atoms with Gasteiger partial charge >= 0.3 is 5.97 Å². The number of halogens is 6. The van der Waals surface area contributed by atoms with Gasteiger partial charge in [-0.05, 0) is 53.6 Å².